The zero-order chi connectivity index (χ0) is 23.9. The zero-order valence-electron chi connectivity index (χ0n) is 17.8. The van der Waals surface area contributed by atoms with Crippen molar-refractivity contribution in [3.63, 3.8) is 0 Å². The molecule has 0 N–H and O–H groups in total. The Kier molecular flexibility index (Phi) is 5.59. The van der Waals surface area contributed by atoms with Crippen molar-refractivity contribution in [3.8, 4) is 23.0 Å². The molecule has 0 aliphatic carbocycles. The fourth-order valence-corrected chi connectivity index (χ4v) is 3.87. The monoisotopic (exact) mass is 460 g/mol. The highest BCUT2D eigenvalue weighted by atomic mass is 19.4. The number of benzene rings is 1. The Morgan fingerprint density at radius 3 is 2.33 bits per heavy atom. The molecule has 172 valence electrons. The number of aromatic nitrogens is 4. The molecule has 1 saturated heterocycles. The van der Waals surface area contributed by atoms with E-state index >= 15 is 0 Å². The predicted octanol–water partition coefficient (Wildman–Crippen LogP) is 1.89. The van der Waals surface area contributed by atoms with Crippen LogP contribution in [0.5, 0.6) is 0 Å². The topological polar surface area (TPSA) is 98.1 Å². The fourth-order valence-electron chi connectivity index (χ4n) is 3.87. The highest BCUT2D eigenvalue weighted by molar-refractivity contribution is 5.78. The van der Waals surface area contributed by atoms with E-state index in [-0.39, 0.29) is 15.8 Å². The van der Waals surface area contributed by atoms with Gasteiger partial charge in [0.15, 0.2) is 0 Å². The molecule has 0 spiro atoms. The maximum Gasteiger partial charge on any atom is 0.492 e. The van der Waals surface area contributed by atoms with Crippen molar-refractivity contribution in [1.82, 2.24) is 18.9 Å². The molecule has 0 amide bonds. The van der Waals surface area contributed by atoms with Crippen LogP contribution in [0.15, 0.2) is 40.1 Å². The van der Waals surface area contributed by atoms with Gasteiger partial charge >= 0.3 is 12.0 Å². The maximum absolute atomic E-state index is 13.8. The molecular formula is C21H19F3N6O3. The second-order valence-corrected chi connectivity index (χ2v) is 7.46. The second-order valence-electron chi connectivity index (χ2n) is 7.46. The summed E-state index contributed by atoms with van der Waals surface area (Å²) in [5, 5.41) is 13.4. The fraction of sp³-hybridized carbons (Fsp3) is 0.333. The molecule has 3 aromatic rings. The molecule has 2 aromatic heterocycles. The average molecular weight is 460 g/mol. The Balaban J connectivity index is 2.07. The Hall–Kier alpha value is -3.85. The van der Waals surface area contributed by atoms with Crippen molar-refractivity contribution in [2.45, 2.75) is 13.2 Å². The van der Waals surface area contributed by atoms with E-state index in [1.165, 1.54) is 23.0 Å². The molecule has 0 atom stereocenters. The summed E-state index contributed by atoms with van der Waals surface area (Å²) in [4.78, 5) is 27.3. The molecule has 0 unspecified atom stereocenters. The molecule has 3 heterocycles. The summed E-state index contributed by atoms with van der Waals surface area (Å²) >= 11 is 0. The summed E-state index contributed by atoms with van der Waals surface area (Å²) in [6.45, 7) is 2.79. The number of anilines is 1. The number of rotatable bonds is 3. The van der Waals surface area contributed by atoms with E-state index in [1.807, 2.05) is 11.0 Å². The summed E-state index contributed by atoms with van der Waals surface area (Å²) in [6.07, 6.45) is -3.55. The third-order valence-electron chi connectivity index (χ3n) is 5.53. The van der Waals surface area contributed by atoms with E-state index in [9.17, 15) is 22.8 Å². The molecule has 1 aliphatic rings. The van der Waals surface area contributed by atoms with Crippen LogP contribution >= 0.6 is 0 Å². The third kappa shape index (κ3) is 3.80. The molecule has 0 radical (unpaired) electrons. The smallest absolute Gasteiger partial charge is 0.378 e. The van der Waals surface area contributed by atoms with Crippen LogP contribution in [0.3, 0.4) is 0 Å². The molecule has 1 aliphatic heterocycles. The summed E-state index contributed by atoms with van der Waals surface area (Å²) < 4.78 is 48.1. The van der Waals surface area contributed by atoms with Crippen molar-refractivity contribution in [2.24, 2.45) is 7.05 Å². The quantitative estimate of drug-likeness (QED) is 0.592. The predicted molar refractivity (Wildman–Crippen MR) is 112 cm³/mol. The minimum atomic E-state index is -5.03. The van der Waals surface area contributed by atoms with Gasteiger partial charge in [0.05, 0.1) is 48.0 Å². The standard InChI is InChI=1S/C21H19F3N6O3/c1-13-17(19(31)27(2)20(32)29(13)21(22,23)24)18-16(28-7-9-33-10-8-28)12-26-30(18)15-5-3-14(11-25)4-6-15/h3-6,12H,7-10H2,1-2H3. The van der Waals surface area contributed by atoms with Gasteiger partial charge in [0.1, 0.15) is 5.69 Å². The van der Waals surface area contributed by atoms with Crippen molar-refractivity contribution in [2.75, 3.05) is 31.2 Å². The van der Waals surface area contributed by atoms with Crippen molar-refractivity contribution < 1.29 is 17.9 Å². The zero-order valence-corrected chi connectivity index (χ0v) is 17.8. The summed E-state index contributed by atoms with van der Waals surface area (Å²) in [7, 11) is 1.01. The van der Waals surface area contributed by atoms with Gasteiger partial charge < -0.3 is 9.64 Å². The second kappa shape index (κ2) is 8.25. The number of nitrogens with zero attached hydrogens (tertiary/aromatic N) is 6. The Labute approximate surface area is 185 Å². The van der Waals surface area contributed by atoms with E-state index in [4.69, 9.17) is 10.00 Å². The van der Waals surface area contributed by atoms with E-state index in [0.29, 0.717) is 47.8 Å². The van der Waals surface area contributed by atoms with Crippen LogP contribution in [0.4, 0.5) is 18.9 Å². The molecule has 4 rings (SSSR count). The van der Waals surface area contributed by atoms with E-state index in [2.05, 4.69) is 5.10 Å². The Bertz CT molecular complexity index is 1360. The first kappa shape index (κ1) is 22.3. The van der Waals surface area contributed by atoms with Crippen LogP contribution < -0.4 is 16.1 Å². The van der Waals surface area contributed by atoms with Gasteiger partial charge in [0.25, 0.3) is 5.56 Å². The lowest BCUT2D eigenvalue weighted by Crippen LogP contribution is -2.45. The van der Waals surface area contributed by atoms with Crippen LogP contribution in [-0.2, 0) is 18.1 Å². The normalized spacial score (nSPS) is 14.4. The van der Waals surface area contributed by atoms with Crippen LogP contribution in [0.25, 0.3) is 16.9 Å². The average Bonchev–Trinajstić information content (AvgIpc) is 3.22. The van der Waals surface area contributed by atoms with E-state index in [0.717, 1.165) is 14.0 Å². The lowest BCUT2D eigenvalue weighted by Gasteiger charge is -2.29. The number of morpholine rings is 1. The summed E-state index contributed by atoms with van der Waals surface area (Å²) in [5.41, 5.74) is -1.80. The van der Waals surface area contributed by atoms with Gasteiger partial charge in [-0.25, -0.2) is 14.0 Å². The highest BCUT2D eigenvalue weighted by Crippen LogP contribution is 2.34. The maximum atomic E-state index is 13.8. The van der Waals surface area contributed by atoms with Gasteiger partial charge in [0, 0.05) is 25.8 Å². The van der Waals surface area contributed by atoms with Crippen LogP contribution in [0, 0.1) is 18.3 Å². The van der Waals surface area contributed by atoms with E-state index in [1.54, 1.807) is 12.1 Å². The largest absolute Gasteiger partial charge is 0.492 e. The molecule has 0 bridgehead atoms. The molecule has 1 aromatic carbocycles. The molecule has 9 nitrogen and oxygen atoms in total. The molecular weight excluding hydrogens is 441 g/mol. The third-order valence-corrected chi connectivity index (χ3v) is 5.53. The van der Waals surface area contributed by atoms with Crippen molar-refractivity contribution in [1.29, 1.82) is 5.26 Å². The van der Waals surface area contributed by atoms with Crippen LogP contribution in [0.2, 0.25) is 0 Å². The summed E-state index contributed by atoms with van der Waals surface area (Å²) in [5.74, 6) is 0. The van der Waals surface area contributed by atoms with Crippen LogP contribution in [0.1, 0.15) is 11.3 Å². The number of hydrogen-bond acceptors (Lipinski definition) is 6. The van der Waals surface area contributed by atoms with Gasteiger partial charge in [-0.1, -0.05) is 0 Å². The van der Waals surface area contributed by atoms with Gasteiger partial charge in [-0.2, -0.15) is 10.4 Å². The van der Waals surface area contributed by atoms with Gasteiger partial charge in [-0.05, 0) is 31.2 Å². The first-order valence-corrected chi connectivity index (χ1v) is 9.96. The van der Waals surface area contributed by atoms with Gasteiger partial charge in [-0.15, -0.1) is 13.2 Å². The first-order valence-electron chi connectivity index (χ1n) is 9.96. The Morgan fingerprint density at radius 1 is 1.12 bits per heavy atom. The van der Waals surface area contributed by atoms with Gasteiger partial charge in [-0.3, -0.25) is 9.36 Å². The van der Waals surface area contributed by atoms with Gasteiger partial charge in [0.2, 0.25) is 0 Å². The first-order chi connectivity index (χ1) is 15.6. The van der Waals surface area contributed by atoms with Crippen molar-refractivity contribution in [3.05, 3.63) is 62.6 Å². The lowest BCUT2D eigenvalue weighted by atomic mass is 10.1. The lowest BCUT2D eigenvalue weighted by molar-refractivity contribution is -0.208. The van der Waals surface area contributed by atoms with Crippen molar-refractivity contribution >= 4 is 5.69 Å². The summed E-state index contributed by atoms with van der Waals surface area (Å²) in [6, 6.07) is 8.24. The number of hydrogen-bond donors (Lipinski definition) is 0. The molecule has 0 saturated carbocycles. The molecule has 1 fully saturated rings. The van der Waals surface area contributed by atoms with E-state index < -0.39 is 23.2 Å². The number of alkyl halides is 3. The SMILES string of the molecule is Cc1c(-c2c(N3CCOCC3)cnn2-c2ccc(C#N)cc2)c(=O)n(C)c(=O)n1C(F)(F)F. The number of nitriles is 1. The minimum Gasteiger partial charge on any atom is -0.378 e. The Morgan fingerprint density at radius 2 is 1.76 bits per heavy atom. The van der Waals surface area contributed by atoms with Crippen LogP contribution in [-0.4, -0.2) is 45.2 Å². The number of halogens is 3. The molecule has 33 heavy (non-hydrogen) atoms. The highest BCUT2D eigenvalue weighted by Gasteiger charge is 2.37. The molecule has 12 heteroatoms. The number of ether oxygens (including phenoxy) is 1. The minimum absolute atomic E-state index is 0.123.